The van der Waals surface area contributed by atoms with Crippen molar-refractivity contribution in [2.45, 2.75) is 20.0 Å². The molecule has 0 fully saturated rings. The Hall–Kier alpha value is -4.00. The van der Waals surface area contributed by atoms with Gasteiger partial charge in [-0.05, 0) is 61.9 Å². The maximum Gasteiger partial charge on any atom is 0.261 e. The maximum atomic E-state index is 14.0. The number of rotatable bonds is 7. The highest BCUT2D eigenvalue weighted by Gasteiger charge is 2.21. The first-order valence-electron chi connectivity index (χ1n) is 9.93. The van der Waals surface area contributed by atoms with Crippen LogP contribution in [0.1, 0.15) is 19.4 Å². The number of benzene rings is 3. The average molecular weight is 436 g/mol. The fourth-order valence-corrected chi connectivity index (χ4v) is 2.82. The van der Waals surface area contributed by atoms with Crippen molar-refractivity contribution in [1.82, 2.24) is 0 Å². The van der Waals surface area contributed by atoms with E-state index < -0.39 is 23.4 Å². The monoisotopic (exact) mass is 436 g/mol. The average Bonchev–Trinajstić information content (AvgIpc) is 2.76. The molecule has 0 saturated carbocycles. The van der Waals surface area contributed by atoms with Crippen molar-refractivity contribution in [3.05, 3.63) is 95.6 Å². The fourth-order valence-electron chi connectivity index (χ4n) is 2.82. The Labute approximate surface area is 184 Å². The SMILES string of the molecule is CC(C)Oc1ccc(C=C(C(=O)Nc2ccccc2F)C(=O)Nc2ccccc2F)cc1. The number of anilines is 2. The molecule has 7 heteroatoms. The van der Waals surface area contributed by atoms with Crippen LogP contribution in [-0.4, -0.2) is 17.9 Å². The van der Waals surface area contributed by atoms with E-state index in [2.05, 4.69) is 10.6 Å². The standard InChI is InChI=1S/C25H22F2N2O3/c1-16(2)32-18-13-11-17(12-14-18)15-19(24(30)28-22-9-5-3-7-20(22)26)25(31)29-23-10-6-4-8-21(23)27/h3-16H,1-2H3,(H,28,30)(H,29,31). The smallest absolute Gasteiger partial charge is 0.261 e. The minimum absolute atomic E-state index is 0.00922. The molecule has 32 heavy (non-hydrogen) atoms. The van der Waals surface area contributed by atoms with Crippen molar-refractivity contribution in [3.63, 3.8) is 0 Å². The number of ether oxygens (including phenoxy) is 1. The molecule has 0 bridgehead atoms. The van der Waals surface area contributed by atoms with E-state index in [1.165, 1.54) is 42.5 Å². The van der Waals surface area contributed by atoms with Crippen molar-refractivity contribution in [2.75, 3.05) is 10.6 Å². The molecule has 0 heterocycles. The molecular weight excluding hydrogens is 414 g/mol. The summed E-state index contributed by atoms with van der Waals surface area (Å²) in [7, 11) is 0. The van der Waals surface area contributed by atoms with Crippen LogP contribution in [0.25, 0.3) is 6.08 Å². The van der Waals surface area contributed by atoms with Crippen molar-refractivity contribution < 1.29 is 23.1 Å². The van der Waals surface area contributed by atoms with E-state index in [1.807, 2.05) is 13.8 Å². The van der Waals surface area contributed by atoms with Gasteiger partial charge in [0, 0.05) is 0 Å². The molecule has 0 aliphatic rings. The highest BCUT2D eigenvalue weighted by molar-refractivity contribution is 6.28. The second-order valence-electron chi connectivity index (χ2n) is 7.16. The highest BCUT2D eigenvalue weighted by atomic mass is 19.1. The summed E-state index contributed by atoms with van der Waals surface area (Å²) in [4.78, 5) is 25.7. The molecule has 2 N–H and O–H groups in total. The van der Waals surface area contributed by atoms with Crippen LogP contribution in [0.2, 0.25) is 0 Å². The third-order valence-corrected chi connectivity index (χ3v) is 4.30. The molecular formula is C25H22F2N2O3. The molecule has 3 aromatic carbocycles. The summed E-state index contributed by atoms with van der Waals surface area (Å²) in [5, 5.41) is 4.78. The summed E-state index contributed by atoms with van der Waals surface area (Å²) in [5.41, 5.74) is 0.0445. The van der Waals surface area contributed by atoms with E-state index in [4.69, 9.17) is 4.74 Å². The van der Waals surface area contributed by atoms with E-state index in [9.17, 15) is 18.4 Å². The molecule has 0 spiro atoms. The van der Waals surface area contributed by atoms with E-state index in [-0.39, 0.29) is 23.1 Å². The molecule has 0 saturated heterocycles. The van der Waals surface area contributed by atoms with Gasteiger partial charge in [-0.3, -0.25) is 9.59 Å². The summed E-state index contributed by atoms with van der Waals surface area (Å²) >= 11 is 0. The number of hydrogen-bond donors (Lipinski definition) is 2. The van der Waals surface area contributed by atoms with Crippen molar-refractivity contribution in [3.8, 4) is 5.75 Å². The van der Waals surface area contributed by atoms with Crippen LogP contribution in [0.15, 0.2) is 78.4 Å². The lowest BCUT2D eigenvalue weighted by atomic mass is 10.1. The molecule has 0 unspecified atom stereocenters. The molecule has 164 valence electrons. The predicted octanol–water partition coefficient (Wildman–Crippen LogP) is 5.41. The van der Waals surface area contributed by atoms with Gasteiger partial charge in [-0.25, -0.2) is 8.78 Å². The van der Waals surface area contributed by atoms with Gasteiger partial charge in [0.1, 0.15) is 23.0 Å². The molecule has 0 atom stereocenters. The van der Waals surface area contributed by atoms with Crippen LogP contribution in [0.4, 0.5) is 20.2 Å². The molecule has 2 amide bonds. The lowest BCUT2D eigenvalue weighted by Crippen LogP contribution is -2.26. The van der Waals surface area contributed by atoms with E-state index in [0.29, 0.717) is 11.3 Å². The topological polar surface area (TPSA) is 67.4 Å². The fraction of sp³-hybridized carbons (Fsp3) is 0.120. The van der Waals surface area contributed by atoms with Gasteiger partial charge in [0.15, 0.2) is 0 Å². The minimum atomic E-state index is -0.841. The van der Waals surface area contributed by atoms with Gasteiger partial charge in [0.05, 0.1) is 17.5 Å². The Balaban J connectivity index is 1.91. The minimum Gasteiger partial charge on any atom is -0.491 e. The molecule has 0 aliphatic carbocycles. The van der Waals surface area contributed by atoms with Gasteiger partial charge in [0.25, 0.3) is 11.8 Å². The lowest BCUT2D eigenvalue weighted by molar-refractivity contribution is -0.118. The van der Waals surface area contributed by atoms with Crippen LogP contribution < -0.4 is 15.4 Å². The number of amides is 2. The van der Waals surface area contributed by atoms with Crippen molar-refractivity contribution in [1.29, 1.82) is 0 Å². The Morgan fingerprint density at radius 1 is 0.781 bits per heavy atom. The van der Waals surface area contributed by atoms with Crippen LogP contribution in [-0.2, 0) is 9.59 Å². The first-order valence-corrected chi connectivity index (χ1v) is 9.93. The summed E-state index contributed by atoms with van der Waals surface area (Å²) in [6, 6.07) is 17.9. The summed E-state index contributed by atoms with van der Waals surface area (Å²) in [6.07, 6.45) is 1.33. The second-order valence-corrected chi connectivity index (χ2v) is 7.16. The zero-order chi connectivity index (χ0) is 23.1. The van der Waals surface area contributed by atoms with Crippen molar-refractivity contribution >= 4 is 29.3 Å². The van der Waals surface area contributed by atoms with E-state index in [1.54, 1.807) is 36.4 Å². The summed E-state index contributed by atoms with van der Waals surface area (Å²) in [6.45, 7) is 3.79. The van der Waals surface area contributed by atoms with Gasteiger partial charge >= 0.3 is 0 Å². The summed E-state index contributed by atoms with van der Waals surface area (Å²) in [5.74, 6) is -2.35. The van der Waals surface area contributed by atoms with Gasteiger partial charge in [0.2, 0.25) is 0 Å². The normalized spacial score (nSPS) is 10.4. The summed E-state index contributed by atoms with van der Waals surface area (Å²) < 4.78 is 33.6. The van der Waals surface area contributed by atoms with Crippen LogP contribution in [0.5, 0.6) is 5.75 Å². The third-order valence-electron chi connectivity index (χ3n) is 4.30. The Morgan fingerprint density at radius 3 is 1.69 bits per heavy atom. The largest absolute Gasteiger partial charge is 0.491 e. The number of nitrogens with one attached hydrogen (secondary N) is 2. The van der Waals surface area contributed by atoms with E-state index in [0.717, 1.165) is 0 Å². The van der Waals surface area contributed by atoms with Gasteiger partial charge in [-0.2, -0.15) is 0 Å². The quantitative estimate of drug-likeness (QED) is 0.296. The maximum absolute atomic E-state index is 14.0. The van der Waals surface area contributed by atoms with Crippen LogP contribution in [0.3, 0.4) is 0 Å². The Bertz CT molecular complexity index is 1080. The first-order chi connectivity index (χ1) is 15.3. The number of carbonyl (C=O) groups excluding carboxylic acids is 2. The molecule has 0 aromatic heterocycles. The molecule has 3 aromatic rings. The first kappa shape index (κ1) is 22.7. The molecule has 0 radical (unpaired) electrons. The number of para-hydroxylation sites is 2. The zero-order valence-electron chi connectivity index (χ0n) is 17.6. The zero-order valence-corrected chi connectivity index (χ0v) is 17.6. The van der Waals surface area contributed by atoms with Crippen LogP contribution >= 0.6 is 0 Å². The number of halogens is 2. The van der Waals surface area contributed by atoms with Gasteiger partial charge < -0.3 is 15.4 Å². The second kappa shape index (κ2) is 10.3. The Kier molecular flexibility index (Phi) is 7.33. The van der Waals surface area contributed by atoms with Gasteiger partial charge in [-0.15, -0.1) is 0 Å². The third kappa shape index (κ3) is 6.01. The molecule has 3 rings (SSSR count). The van der Waals surface area contributed by atoms with Crippen LogP contribution in [0, 0.1) is 11.6 Å². The molecule has 0 aliphatic heterocycles. The lowest BCUT2D eigenvalue weighted by Gasteiger charge is -2.12. The number of carbonyl (C=O) groups is 2. The highest BCUT2D eigenvalue weighted by Crippen LogP contribution is 2.20. The van der Waals surface area contributed by atoms with Crippen molar-refractivity contribution in [2.24, 2.45) is 0 Å². The van der Waals surface area contributed by atoms with E-state index >= 15 is 0 Å². The number of hydrogen-bond acceptors (Lipinski definition) is 3. The van der Waals surface area contributed by atoms with Gasteiger partial charge in [-0.1, -0.05) is 36.4 Å². The Morgan fingerprint density at radius 2 is 1.25 bits per heavy atom. The molecule has 5 nitrogen and oxygen atoms in total. The predicted molar refractivity (Wildman–Crippen MR) is 120 cm³/mol.